The first-order valence-electron chi connectivity index (χ1n) is 5.41. The van der Waals surface area contributed by atoms with E-state index in [0.717, 1.165) is 6.42 Å². The van der Waals surface area contributed by atoms with E-state index in [1.165, 1.54) is 0 Å². The van der Waals surface area contributed by atoms with Crippen molar-refractivity contribution in [2.45, 2.75) is 33.3 Å². The molecule has 88 valence electrons. The number of rotatable bonds is 4. The molecule has 1 aliphatic rings. The highest BCUT2D eigenvalue weighted by Crippen LogP contribution is 2.21. The summed E-state index contributed by atoms with van der Waals surface area (Å²) in [6.07, 6.45) is 0.873. The van der Waals surface area contributed by atoms with Crippen molar-refractivity contribution in [1.29, 1.82) is 0 Å². The first-order chi connectivity index (χ1) is 6.96. The lowest BCUT2D eigenvalue weighted by molar-refractivity contribution is -0.126. The highest BCUT2D eigenvalue weighted by atomic mass is 35.5. The van der Waals surface area contributed by atoms with Gasteiger partial charge >= 0.3 is 0 Å². The Morgan fingerprint density at radius 1 is 1.60 bits per heavy atom. The number of ether oxygens (including phenoxy) is 1. The van der Waals surface area contributed by atoms with Gasteiger partial charge in [0.05, 0.1) is 12.0 Å². The van der Waals surface area contributed by atoms with E-state index in [0.29, 0.717) is 19.0 Å². The zero-order valence-corrected chi connectivity index (χ0v) is 10.4. The Hall–Kier alpha value is -0.280. The van der Waals surface area contributed by atoms with Gasteiger partial charge in [-0.2, -0.15) is 0 Å². The fourth-order valence-electron chi connectivity index (χ4n) is 1.58. The summed E-state index contributed by atoms with van der Waals surface area (Å²) < 4.78 is 5.36. The van der Waals surface area contributed by atoms with Crippen molar-refractivity contribution in [2.75, 3.05) is 19.0 Å². The monoisotopic (exact) mass is 233 g/mol. The molecule has 0 aromatic carbocycles. The second-order valence-corrected chi connectivity index (χ2v) is 5.25. The van der Waals surface area contributed by atoms with E-state index in [1.807, 2.05) is 20.8 Å². The van der Waals surface area contributed by atoms with Gasteiger partial charge in [-0.3, -0.25) is 4.79 Å². The minimum Gasteiger partial charge on any atom is -0.378 e. The Balaban J connectivity index is 2.36. The summed E-state index contributed by atoms with van der Waals surface area (Å²) in [5.74, 6) is 0.651. The SMILES string of the molecule is CC1OCCC1C(=O)NCC(C)(C)CCl. The highest BCUT2D eigenvalue weighted by Gasteiger charge is 2.31. The molecule has 1 amide bonds. The third-order valence-corrected chi connectivity index (χ3v) is 3.54. The average molecular weight is 234 g/mol. The van der Waals surface area contributed by atoms with Crippen molar-refractivity contribution in [2.24, 2.45) is 11.3 Å². The Labute approximate surface area is 96.5 Å². The van der Waals surface area contributed by atoms with Crippen LogP contribution in [0.15, 0.2) is 0 Å². The molecule has 1 heterocycles. The summed E-state index contributed by atoms with van der Waals surface area (Å²) in [6.45, 7) is 7.34. The molecule has 1 N–H and O–H groups in total. The largest absolute Gasteiger partial charge is 0.378 e. The first-order valence-corrected chi connectivity index (χ1v) is 5.95. The van der Waals surface area contributed by atoms with Crippen molar-refractivity contribution in [3.63, 3.8) is 0 Å². The van der Waals surface area contributed by atoms with Gasteiger partial charge in [-0.1, -0.05) is 13.8 Å². The molecule has 0 spiro atoms. The van der Waals surface area contributed by atoms with Crippen molar-refractivity contribution in [3.05, 3.63) is 0 Å². The Bertz CT molecular complexity index is 231. The van der Waals surface area contributed by atoms with Crippen LogP contribution in [-0.4, -0.2) is 31.0 Å². The van der Waals surface area contributed by atoms with Crippen LogP contribution in [0.5, 0.6) is 0 Å². The lowest BCUT2D eigenvalue weighted by Crippen LogP contribution is -2.40. The summed E-state index contributed by atoms with van der Waals surface area (Å²) in [6, 6.07) is 0. The molecule has 1 saturated heterocycles. The van der Waals surface area contributed by atoms with Gasteiger partial charge in [-0.15, -0.1) is 11.6 Å². The van der Waals surface area contributed by atoms with Gasteiger partial charge in [0.2, 0.25) is 5.91 Å². The number of halogens is 1. The molecule has 1 fully saturated rings. The zero-order valence-electron chi connectivity index (χ0n) is 9.68. The van der Waals surface area contributed by atoms with Gasteiger partial charge in [0.15, 0.2) is 0 Å². The fraction of sp³-hybridized carbons (Fsp3) is 0.909. The lowest BCUT2D eigenvalue weighted by atomic mass is 9.95. The molecule has 0 aliphatic carbocycles. The summed E-state index contributed by atoms with van der Waals surface area (Å²) in [7, 11) is 0. The van der Waals surface area contributed by atoms with E-state index < -0.39 is 0 Å². The van der Waals surface area contributed by atoms with Crippen molar-refractivity contribution in [1.82, 2.24) is 5.32 Å². The topological polar surface area (TPSA) is 38.3 Å². The second-order valence-electron chi connectivity index (χ2n) is 4.99. The molecule has 0 bridgehead atoms. The van der Waals surface area contributed by atoms with Gasteiger partial charge in [0.25, 0.3) is 0 Å². The number of carbonyl (C=O) groups is 1. The van der Waals surface area contributed by atoms with E-state index >= 15 is 0 Å². The van der Waals surface area contributed by atoms with Gasteiger partial charge < -0.3 is 10.1 Å². The lowest BCUT2D eigenvalue weighted by Gasteiger charge is -2.23. The summed E-state index contributed by atoms with van der Waals surface area (Å²) in [4.78, 5) is 11.8. The Morgan fingerprint density at radius 2 is 2.27 bits per heavy atom. The normalized spacial score (nSPS) is 26.7. The van der Waals surface area contributed by atoms with Crippen LogP contribution < -0.4 is 5.32 Å². The molecule has 4 heteroatoms. The molecular formula is C11H20ClNO2. The predicted octanol–water partition coefficient (Wildman–Crippen LogP) is 1.79. The van der Waals surface area contributed by atoms with Crippen molar-refractivity contribution in [3.8, 4) is 0 Å². The number of carbonyl (C=O) groups excluding carboxylic acids is 1. The van der Waals surface area contributed by atoms with Gasteiger partial charge in [-0.25, -0.2) is 0 Å². The number of hydrogen-bond acceptors (Lipinski definition) is 2. The van der Waals surface area contributed by atoms with Crippen LogP contribution in [0.25, 0.3) is 0 Å². The molecule has 3 nitrogen and oxygen atoms in total. The molecule has 0 aromatic rings. The summed E-state index contributed by atoms with van der Waals surface area (Å²) in [5.41, 5.74) is -0.0418. The van der Waals surface area contributed by atoms with Crippen LogP contribution in [0.2, 0.25) is 0 Å². The van der Waals surface area contributed by atoms with Gasteiger partial charge in [0, 0.05) is 19.0 Å². The maximum absolute atomic E-state index is 11.8. The van der Waals surface area contributed by atoms with E-state index in [-0.39, 0.29) is 23.3 Å². The van der Waals surface area contributed by atoms with E-state index in [9.17, 15) is 4.79 Å². The zero-order chi connectivity index (χ0) is 11.5. The van der Waals surface area contributed by atoms with Gasteiger partial charge in [0.1, 0.15) is 0 Å². The molecule has 1 aliphatic heterocycles. The minimum atomic E-state index is -0.0418. The van der Waals surface area contributed by atoms with Gasteiger partial charge in [-0.05, 0) is 18.8 Å². The van der Waals surface area contributed by atoms with Crippen molar-refractivity contribution < 1.29 is 9.53 Å². The quantitative estimate of drug-likeness (QED) is 0.752. The smallest absolute Gasteiger partial charge is 0.225 e. The Kier molecular flexibility index (Phi) is 4.41. The summed E-state index contributed by atoms with van der Waals surface area (Å²) >= 11 is 5.79. The maximum atomic E-state index is 11.8. The third-order valence-electron chi connectivity index (χ3n) is 2.82. The van der Waals surface area contributed by atoms with Crippen LogP contribution in [-0.2, 0) is 9.53 Å². The van der Waals surface area contributed by atoms with Crippen LogP contribution in [0.1, 0.15) is 27.2 Å². The number of hydrogen-bond donors (Lipinski definition) is 1. The maximum Gasteiger partial charge on any atom is 0.225 e. The summed E-state index contributed by atoms with van der Waals surface area (Å²) in [5, 5.41) is 2.94. The molecule has 0 radical (unpaired) electrons. The van der Waals surface area contributed by atoms with Crippen LogP contribution >= 0.6 is 11.6 Å². The van der Waals surface area contributed by atoms with E-state index in [2.05, 4.69) is 5.32 Å². The second kappa shape index (κ2) is 5.17. The number of amides is 1. The van der Waals surface area contributed by atoms with E-state index in [4.69, 9.17) is 16.3 Å². The molecule has 2 atom stereocenters. The van der Waals surface area contributed by atoms with Crippen molar-refractivity contribution >= 4 is 17.5 Å². The first kappa shape index (κ1) is 12.8. The molecule has 15 heavy (non-hydrogen) atoms. The minimum absolute atomic E-state index is 0.0103. The highest BCUT2D eigenvalue weighted by molar-refractivity contribution is 6.18. The predicted molar refractivity (Wildman–Crippen MR) is 61.0 cm³/mol. The molecule has 0 aromatic heterocycles. The molecular weight excluding hydrogens is 214 g/mol. The number of alkyl halides is 1. The standard InChI is InChI=1S/C11H20ClNO2/c1-8-9(4-5-15-8)10(14)13-7-11(2,3)6-12/h8-9H,4-7H2,1-3H3,(H,13,14). The Morgan fingerprint density at radius 3 is 2.73 bits per heavy atom. The van der Waals surface area contributed by atoms with E-state index in [1.54, 1.807) is 0 Å². The van der Waals surface area contributed by atoms with Crippen LogP contribution in [0, 0.1) is 11.3 Å². The van der Waals surface area contributed by atoms with Crippen LogP contribution in [0.3, 0.4) is 0 Å². The average Bonchev–Trinajstić information content (AvgIpc) is 2.61. The molecule has 0 saturated carbocycles. The molecule has 2 unspecified atom stereocenters. The van der Waals surface area contributed by atoms with Crippen LogP contribution in [0.4, 0.5) is 0 Å². The third kappa shape index (κ3) is 3.65. The number of nitrogens with one attached hydrogen (secondary N) is 1. The fourth-order valence-corrected chi connectivity index (χ4v) is 1.68. The molecule has 1 rings (SSSR count).